The second-order valence-electron chi connectivity index (χ2n) is 22.8. The Morgan fingerprint density at radius 2 is 1.13 bits per heavy atom. The van der Waals surface area contributed by atoms with E-state index in [-0.39, 0.29) is 25.2 Å². The van der Waals surface area contributed by atoms with Crippen molar-refractivity contribution in [2.45, 2.75) is 43.9 Å². The van der Waals surface area contributed by atoms with Crippen molar-refractivity contribution in [1.82, 2.24) is 14.4 Å². The lowest BCUT2D eigenvalue weighted by Gasteiger charge is -2.46. The highest BCUT2D eigenvalue weighted by Crippen LogP contribution is 2.70. The zero-order valence-electron chi connectivity index (χ0n) is 40.4. The van der Waals surface area contributed by atoms with Crippen LogP contribution in [-0.4, -0.2) is 121 Å². The van der Waals surface area contributed by atoms with Crippen LogP contribution in [0.1, 0.15) is 41.7 Å². The molecule has 0 atom stereocenters. The molecule has 0 aliphatic carbocycles. The van der Waals surface area contributed by atoms with Gasteiger partial charge in [-0.3, -0.25) is 4.40 Å². The summed E-state index contributed by atoms with van der Waals surface area (Å²) in [6.07, 6.45) is 6.75. The van der Waals surface area contributed by atoms with E-state index in [9.17, 15) is 0 Å². The average Bonchev–Trinajstić information content (AvgIpc) is 3.73. The van der Waals surface area contributed by atoms with Gasteiger partial charge in [0.25, 0.3) is 0 Å². The standard InChI is InChI=1S/C45H53B12N3O2S/c1-41(2)30-8-7-19-58-39(30)61-38-34(63(41,3)4)18-16-29(45(55,56)57)36(38)23-12-14-27(43(49,50)51)25(21-23)24-20-22(11-13-26(24)42(46,47)48)35-28(44(52,53)54)15-17-33-37(35)62-40-59-31-9-5-6-10-32(31)60(33)40/h5-21H,46-57H2,1-4H3. The normalized spacial score (nSPS) is 15.7. The molecule has 1 aliphatic rings. The van der Waals surface area contributed by atoms with Gasteiger partial charge in [-0.15, -0.1) is 0 Å². The Morgan fingerprint density at radius 3 is 1.73 bits per heavy atom. The highest BCUT2D eigenvalue weighted by molar-refractivity contribution is 8.33. The van der Waals surface area contributed by atoms with Crippen LogP contribution in [0.4, 0.5) is 0 Å². The molecule has 0 N–H and O–H groups in total. The summed E-state index contributed by atoms with van der Waals surface area (Å²) in [7, 11) is 26.4. The van der Waals surface area contributed by atoms with Gasteiger partial charge in [-0.05, 0) is 91.1 Å². The van der Waals surface area contributed by atoms with Gasteiger partial charge in [-0.25, -0.2) is 15.0 Å². The van der Waals surface area contributed by atoms with Crippen LogP contribution in [0.3, 0.4) is 0 Å². The molecule has 8 aromatic rings. The zero-order valence-corrected chi connectivity index (χ0v) is 41.2. The summed E-state index contributed by atoms with van der Waals surface area (Å²) in [5.74, 6) is 2.24. The van der Waals surface area contributed by atoms with E-state index in [1.54, 1.807) is 0 Å². The maximum absolute atomic E-state index is 7.22. The molecule has 0 fully saturated rings. The summed E-state index contributed by atoms with van der Waals surface area (Å²) in [6, 6.07) is 36.1. The molecule has 302 valence electrons. The predicted molar refractivity (Wildman–Crippen MR) is 303 cm³/mol. The fourth-order valence-electron chi connectivity index (χ4n) is 9.87. The molecule has 9 rings (SSSR count). The Balaban J connectivity index is 1.36. The number of oxazole rings is 1. The number of rotatable bonds is 7. The summed E-state index contributed by atoms with van der Waals surface area (Å²) in [6.45, 7) is 4.73. The first kappa shape index (κ1) is 43.7. The molecule has 0 spiro atoms. The second-order valence-corrected chi connectivity index (χ2v) is 26.9. The highest BCUT2D eigenvalue weighted by Gasteiger charge is 2.44. The van der Waals surface area contributed by atoms with Crippen LogP contribution in [-0.2, 0) is 25.2 Å². The van der Waals surface area contributed by atoms with Crippen molar-refractivity contribution in [3.05, 3.63) is 131 Å². The lowest BCUT2D eigenvalue weighted by Crippen LogP contribution is -2.30. The quantitative estimate of drug-likeness (QED) is 0.197. The molecule has 5 nitrogen and oxygen atoms in total. The number of benzene rings is 5. The molecule has 1 aliphatic heterocycles. The van der Waals surface area contributed by atoms with E-state index < -0.39 is 10.0 Å². The average molecular weight is 830 g/mol. The van der Waals surface area contributed by atoms with Crippen molar-refractivity contribution in [2.75, 3.05) is 12.5 Å². The van der Waals surface area contributed by atoms with E-state index >= 15 is 0 Å². The van der Waals surface area contributed by atoms with E-state index in [0.717, 1.165) is 55.7 Å². The molecule has 0 amide bonds. The molecular formula is C45H53B12N3O2S. The fourth-order valence-corrected chi connectivity index (χ4v) is 12.1. The van der Waals surface area contributed by atoms with E-state index in [1.807, 2.05) is 18.3 Å². The molecule has 0 bridgehead atoms. The number of imidazole rings is 1. The van der Waals surface area contributed by atoms with Gasteiger partial charge in [0.1, 0.15) is 5.75 Å². The first-order valence-electron chi connectivity index (χ1n) is 22.5. The van der Waals surface area contributed by atoms with E-state index in [4.69, 9.17) is 19.1 Å². The molecule has 5 aromatic carbocycles. The third-order valence-electron chi connectivity index (χ3n) is 13.8. The van der Waals surface area contributed by atoms with Gasteiger partial charge in [0.05, 0.1) is 111 Å². The zero-order chi connectivity index (χ0) is 45.4. The van der Waals surface area contributed by atoms with Crippen LogP contribution >= 0.6 is 10.0 Å². The second kappa shape index (κ2) is 14.5. The van der Waals surface area contributed by atoms with Crippen molar-refractivity contribution < 1.29 is 9.15 Å². The van der Waals surface area contributed by atoms with Crippen LogP contribution in [0.5, 0.6) is 11.6 Å². The Hall–Kier alpha value is -4.55. The molecule has 63 heavy (non-hydrogen) atoms. The SMILES string of the molecule is BC(B)(B)c1ccc(-c2c(C(B)(B)B)ccc3c2Oc2ncccc2C(C)(C)S3(C)C)cc1-c1cc(-c2c(C(B)(B)B)ccc3c2oc2nc4ccccc4n23)ccc1C(B)(B)B. The molecule has 0 saturated carbocycles. The minimum Gasteiger partial charge on any atom is -0.437 e. The van der Waals surface area contributed by atoms with E-state index in [2.05, 4.69) is 210 Å². The van der Waals surface area contributed by atoms with Crippen LogP contribution < -0.4 is 4.74 Å². The van der Waals surface area contributed by atoms with Crippen LogP contribution in [0.2, 0.25) is 0 Å². The number of fused-ring (bicyclic) bond motifs is 7. The number of ether oxygens (including phenoxy) is 1. The number of pyridine rings is 1. The number of hydrogen-bond donors (Lipinski definition) is 0. The Kier molecular flexibility index (Phi) is 10.0. The van der Waals surface area contributed by atoms with E-state index in [1.165, 1.54) is 38.3 Å². The van der Waals surface area contributed by atoms with Crippen LogP contribution in [0, 0.1) is 0 Å². The Morgan fingerprint density at radius 1 is 0.587 bits per heavy atom. The summed E-state index contributed by atoms with van der Waals surface area (Å²) >= 11 is 0. The van der Waals surface area contributed by atoms with Crippen LogP contribution in [0.15, 0.2) is 113 Å². The summed E-state index contributed by atoms with van der Waals surface area (Å²) in [4.78, 5) is 11.1. The molecular weight excluding hydrogens is 776 g/mol. The van der Waals surface area contributed by atoms with Gasteiger partial charge in [0.2, 0.25) is 5.88 Å². The van der Waals surface area contributed by atoms with Crippen molar-refractivity contribution >= 4 is 132 Å². The van der Waals surface area contributed by atoms with Gasteiger partial charge in [-0.1, -0.05) is 97.3 Å². The summed E-state index contributed by atoms with van der Waals surface area (Å²) in [5.41, 5.74) is 17.1. The third-order valence-corrected chi connectivity index (χ3v) is 18.0. The lowest BCUT2D eigenvalue weighted by molar-refractivity contribution is 0.446. The van der Waals surface area contributed by atoms with Gasteiger partial charge < -0.3 is 9.15 Å². The topological polar surface area (TPSA) is 52.6 Å². The van der Waals surface area contributed by atoms with Crippen LogP contribution in [0.25, 0.3) is 61.4 Å². The van der Waals surface area contributed by atoms with Gasteiger partial charge in [-0.2, -0.15) is 4.98 Å². The number of para-hydroxylation sites is 2. The largest absolute Gasteiger partial charge is 0.437 e. The molecule has 4 heterocycles. The molecule has 0 saturated heterocycles. The maximum Gasteiger partial charge on any atom is 0.307 e. The van der Waals surface area contributed by atoms with E-state index in [0.29, 0.717) is 11.7 Å². The monoisotopic (exact) mass is 831 g/mol. The first-order chi connectivity index (χ1) is 29.3. The van der Waals surface area contributed by atoms with Gasteiger partial charge in [0, 0.05) is 32.5 Å². The summed E-state index contributed by atoms with van der Waals surface area (Å²) < 4.78 is 16.1. The highest BCUT2D eigenvalue weighted by atomic mass is 32.3. The summed E-state index contributed by atoms with van der Waals surface area (Å²) in [5, 5.41) is -0.636. The first-order valence-corrected chi connectivity index (χ1v) is 24.9. The maximum atomic E-state index is 7.22. The third kappa shape index (κ3) is 7.04. The minimum atomic E-state index is -1.45. The van der Waals surface area contributed by atoms with Crippen molar-refractivity contribution in [3.8, 4) is 45.0 Å². The molecule has 3 aromatic heterocycles. The fraction of sp³-hybridized carbons (Fsp3) is 0.200. The van der Waals surface area contributed by atoms with Crippen molar-refractivity contribution in [3.63, 3.8) is 0 Å². The number of aromatic nitrogens is 3. The molecule has 0 radical (unpaired) electrons. The Bertz CT molecular complexity index is 3170. The van der Waals surface area contributed by atoms with Gasteiger partial charge >= 0.3 is 5.84 Å². The predicted octanol–water partition coefficient (Wildman–Crippen LogP) is -0.868. The smallest absolute Gasteiger partial charge is 0.307 e. The van der Waals surface area contributed by atoms with Crippen molar-refractivity contribution in [2.24, 2.45) is 0 Å². The van der Waals surface area contributed by atoms with Gasteiger partial charge in [0.15, 0.2) is 5.58 Å². The number of nitrogens with zero attached hydrogens (tertiary/aromatic N) is 3. The Labute approximate surface area is 386 Å². The van der Waals surface area contributed by atoms with Crippen molar-refractivity contribution in [1.29, 1.82) is 0 Å². The molecule has 0 unspecified atom stereocenters. The molecule has 18 heteroatoms. The minimum absolute atomic E-state index is 0.153. The number of hydrogen-bond acceptors (Lipinski definition) is 4. The lowest BCUT2D eigenvalue weighted by atomic mass is 9.38.